The maximum atomic E-state index is 13.4. The van der Waals surface area contributed by atoms with Crippen LogP contribution in [0.15, 0.2) is 18.2 Å². The standard InChI is InChI=1S/C20H25ClFN3O5/c1-18(2,3)30-17(28)23-7-15(26)24-19-9-20(10-19,11-19)25-16(27)8-29-12-4-5-13(21)14(22)6-12/h4-6H,7-11H2,1-3H3,(H,23,28)(H,24,26)(H,25,27). The Bertz CT molecular complexity index is 851. The van der Waals surface area contributed by atoms with Crippen LogP contribution in [-0.4, -0.2) is 47.7 Å². The summed E-state index contributed by atoms with van der Waals surface area (Å²) in [5.41, 5.74) is -1.33. The van der Waals surface area contributed by atoms with Gasteiger partial charge in [0.15, 0.2) is 6.61 Å². The van der Waals surface area contributed by atoms with E-state index in [1.54, 1.807) is 20.8 Å². The predicted molar refractivity (Wildman–Crippen MR) is 107 cm³/mol. The summed E-state index contributed by atoms with van der Waals surface area (Å²) in [7, 11) is 0. The van der Waals surface area contributed by atoms with Crippen LogP contribution in [0.5, 0.6) is 5.75 Å². The topological polar surface area (TPSA) is 106 Å². The van der Waals surface area contributed by atoms with Crippen molar-refractivity contribution in [2.24, 2.45) is 0 Å². The summed E-state index contributed by atoms with van der Waals surface area (Å²) in [6.45, 7) is 4.78. The van der Waals surface area contributed by atoms with Crippen molar-refractivity contribution in [3.05, 3.63) is 29.0 Å². The molecule has 4 rings (SSSR count). The highest BCUT2D eigenvalue weighted by molar-refractivity contribution is 6.30. The first-order valence-electron chi connectivity index (χ1n) is 9.56. The van der Waals surface area contributed by atoms with Crippen LogP contribution in [0.1, 0.15) is 40.0 Å². The van der Waals surface area contributed by atoms with Crippen LogP contribution in [0.25, 0.3) is 0 Å². The van der Waals surface area contributed by atoms with E-state index in [2.05, 4.69) is 16.0 Å². The fraction of sp³-hybridized carbons (Fsp3) is 0.550. The maximum absolute atomic E-state index is 13.4. The molecule has 3 saturated carbocycles. The van der Waals surface area contributed by atoms with E-state index in [-0.39, 0.29) is 46.8 Å². The number of carbonyl (C=O) groups is 3. The molecule has 164 valence electrons. The number of nitrogens with one attached hydrogen (secondary N) is 3. The Balaban J connectivity index is 1.35. The molecule has 0 spiro atoms. The van der Waals surface area contributed by atoms with Crippen molar-refractivity contribution in [2.75, 3.05) is 13.2 Å². The van der Waals surface area contributed by atoms with Gasteiger partial charge in [0, 0.05) is 17.1 Å². The van der Waals surface area contributed by atoms with E-state index in [0.717, 1.165) is 6.07 Å². The smallest absolute Gasteiger partial charge is 0.408 e. The molecule has 0 saturated heterocycles. The average Bonchev–Trinajstić information content (AvgIpc) is 2.56. The second kappa shape index (κ2) is 7.94. The summed E-state index contributed by atoms with van der Waals surface area (Å²) in [6.07, 6.45) is 1.18. The van der Waals surface area contributed by atoms with E-state index in [9.17, 15) is 18.8 Å². The minimum atomic E-state index is -0.653. The van der Waals surface area contributed by atoms with Gasteiger partial charge in [-0.15, -0.1) is 0 Å². The zero-order chi connectivity index (χ0) is 22.2. The second-order valence-electron chi connectivity index (χ2n) is 8.91. The van der Waals surface area contributed by atoms with Gasteiger partial charge < -0.3 is 25.4 Å². The SMILES string of the molecule is CC(C)(C)OC(=O)NCC(=O)NC12CC(NC(=O)COc3ccc(Cl)c(F)c3)(C1)C2. The number of carbonyl (C=O) groups excluding carboxylic acids is 3. The number of hydrogen-bond acceptors (Lipinski definition) is 5. The van der Waals surface area contributed by atoms with E-state index in [0.29, 0.717) is 19.3 Å². The quantitative estimate of drug-likeness (QED) is 0.602. The zero-order valence-corrected chi connectivity index (χ0v) is 17.8. The molecular weight excluding hydrogens is 417 g/mol. The van der Waals surface area contributed by atoms with Crippen LogP contribution in [0.4, 0.5) is 9.18 Å². The van der Waals surface area contributed by atoms with E-state index in [1.807, 2.05) is 0 Å². The van der Waals surface area contributed by atoms with Crippen LogP contribution in [0.2, 0.25) is 5.02 Å². The van der Waals surface area contributed by atoms with Crippen molar-refractivity contribution in [1.29, 1.82) is 0 Å². The Kier molecular flexibility index (Phi) is 5.86. The van der Waals surface area contributed by atoms with Gasteiger partial charge in [0.05, 0.1) is 5.02 Å². The fourth-order valence-corrected chi connectivity index (χ4v) is 4.02. The highest BCUT2D eigenvalue weighted by atomic mass is 35.5. The summed E-state index contributed by atoms with van der Waals surface area (Å²) in [4.78, 5) is 35.8. The Labute approximate surface area is 178 Å². The van der Waals surface area contributed by atoms with Crippen LogP contribution < -0.4 is 20.7 Å². The number of rotatable bonds is 7. The second-order valence-corrected chi connectivity index (χ2v) is 9.31. The van der Waals surface area contributed by atoms with Crippen molar-refractivity contribution in [2.45, 2.75) is 56.7 Å². The number of alkyl carbamates (subject to hydrolysis) is 1. The fourth-order valence-electron chi connectivity index (χ4n) is 3.91. The van der Waals surface area contributed by atoms with E-state index < -0.39 is 17.5 Å². The van der Waals surface area contributed by atoms with Gasteiger partial charge >= 0.3 is 6.09 Å². The van der Waals surface area contributed by atoms with Gasteiger partial charge in [0.25, 0.3) is 5.91 Å². The van der Waals surface area contributed by atoms with Gasteiger partial charge in [-0.3, -0.25) is 9.59 Å². The molecule has 0 unspecified atom stereocenters. The molecule has 3 aliphatic rings. The van der Waals surface area contributed by atoms with Crippen molar-refractivity contribution < 1.29 is 28.2 Å². The van der Waals surface area contributed by atoms with Crippen LogP contribution >= 0.6 is 11.6 Å². The van der Waals surface area contributed by atoms with Crippen LogP contribution in [-0.2, 0) is 14.3 Å². The lowest BCUT2D eigenvalue weighted by molar-refractivity contribution is -0.150. The van der Waals surface area contributed by atoms with Gasteiger partial charge in [-0.25, -0.2) is 9.18 Å². The number of hydrogen-bond donors (Lipinski definition) is 3. The summed E-state index contributed by atoms with van der Waals surface area (Å²) >= 11 is 5.61. The van der Waals surface area contributed by atoms with Crippen LogP contribution in [0.3, 0.4) is 0 Å². The molecule has 3 N–H and O–H groups in total. The first-order chi connectivity index (χ1) is 13.9. The lowest BCUT2D eigenvalue weighted by Gasteiger charge is -2.70. The summed E-state index contributed by atoms with van der Waals surface area (Å²) in [6, 6.07) is 3.96. The van der Waals surface area contributed by atoms with Gasteiger partial charge in [-0.05, 0) is 52.2 Å². The highest BCUT2D eigenvalue weighted by Gasteiger charge is 2.69. The Morgan fingerprint density at radius 1 is 1.10 bits per heavy atom. The molecule has 30 heavy (non-hydrogen) atoms. The van der Waals surface area contributed by atoms with E-state index in [4.69, 9.17) is 21.1 Å². The predicted octanol–water partition coefficient (Wildman–Crippen LogP) is 2.29. The third-order valence-electron chi connectivity index (χ3n) is 4.89. The van der Waals surface area contributed by atoms with Gasteiger partial charge in [-0.2, -0.15) is 0 Å². The molecule has 0 aliphatic heterocycles. The number of ether oxygens (including phenoxy) is 2. The van der Waals surface area contributed by atoms with Gasteiger partial charge in [0.2, 0.25) is 5.91 Å². The van der Waals surface area contributed by atoms with Gasteiger partial charge in [-0.1, -0.05) is 11.6 Å². The molecule has 0 heterocycles. The van der Waals surface area contributed by atoms with Crippen molar-refractivity contribution in [3.8, 4) is 5.75 Å². The largest absolute Gasteiger partial charge is 0.484 e. The average molecular weight is 442 g/mol. The Hall–Kier alpha value is -2.55. The molecule has 1 aromatic rings. The number of benzene rings is 1. The van der Waals surface area contributed by atoms with E-state index >= 15 is 0 Å². The molecule has 0 aromatic heterocycles. The first-order valence-corrected chi connectivity index (χ1v) is 9.94. The molecule has 2 bridgehead atoms. The molecule has 10 heteroatoms. The lowest BCUT2D eigenvalue weighted by atomic mass is 9.44. The molecule has 1 aromatic carbocycles. The third kappa shape index (κ3) is 5.33. The van der Waals surface area contributed by atoms with Crippen molar-refractivity contribution >= 4 is 29.5 Å². The molecular formula is C20H25ClFN3O5. The van der Waals surface area contributed by atoms with Crippen LogP contribution in [0, 0.1) is 5.82 Å². The molecule has 3 amide bonds. The minimum Gasteiger partial charge on any atom is -0.484 e. The zero-order valence-electron chi connectivity index (χ0n) is 17.1. The normalized spacial score (nSPS) is 24.0. The molecule has 8 nitrogen and oxygen atoms in total. The van der Waals surface area contributed by atoms with Crippen molar-refractivity contribution in [1.82, 2.24) is 16.0 Å². The maximum Gasteiger partial charge on any atom is 0.408 e. The molecule has 3 aliphatic carbocycles. The monoisotopic (exact) mass is 441 g/mol. The third-order valence-corrected chi connectivity index (χ3v) is 5.20. The number of amides is 3. The molecule has 0 atom stereocenters. The van der Waals surface area contributed by atoms with E-state index in [1.165, 1.54) is 12.1 Å². The number of halogens is 2. The Morgan fingerprint density at radius 2 is 1.70 bits per heavy atom. The molecule has 0 radical (unpaired) electrons. The minimum absolute atomic E-state index is 0.0192. The summed E-state index contributed by atoms with van der Waals surface area (Å²) in [5, 5.41) is 8.20. The van der Waals surface area contributed by atoms with Gasteiger partial charge in [0.1, 0.15) is 23.7 Å². The lowest BCUT2D eigenvalue weighted by Crippen LogP contribution is -2.84. The summed E-state index contributed by atoms with van der Waals surface area (Å²) < 4.78 is 23.7. The first kappa shape index (κ1) is 22.1. The highest BCUT2D eigenvalue weighted by Crippen LogP contribution is 2.60. The Morgan fingerprint density at radius 3 is 2.27 bits per heavy atom. The van der Waals surface area contributed by atoms with Crippen molar-refractivity contribution in [3.63, 3.8) is 0 Å². The summed E-state index contributed by atoms with van der Waals surface area (Å²) in [5.74, 6) is -1.04. The molecule has 3 fully saturated rings.